The van der Waals surface area contributed by atoms with Gasteiger partial charge in [-0.15, -0.1) is 0 Å². The summed E-state index contributed by atoms with van der Waals surface area (Å²) in [7, 11) is 3.20. The predicted molar refractivity (Wildman–Crippen MR) is 78.2 cm³/mol. The minimum atomic E-state index is 0.123. The van der Waals surface area contributed by atoms with E-state index in [0.29, 0.717) is 29.8 Å². The van der Waals surface area contributed by atoms with Crippen LogP contribution in [0.25, 0.3) is 11.4 Å². The van der Waals surface area contributed by atoms with E-state index in [2.05, 4.69) is 36.2 Å². The van der Waals surface area contributed by atoms with E-state index in [1.807, 2.05) is 18.2 Å². The highest BCUT2D eigenvalue weighted by Gasteiger charge is 2.17. The van der Waals surface area contributed by atoms with E-state index in [1.165, 1.54) is 0 Å². The van der Waals surface area contributed by atoms with Crippen LogP contribution in [-0.2, 0) is 6.54 Å². The average Bonchev–Trinajstić information content (AvgIpc) is 2.92. The van der Waals surface area contributed by atoms with E-state index in [-0.39, 0.29) is 5.54 Å². The molecule has 0 fully saturated rings. The Bertz CT molecular complexity index is 602. The van der Waals surface area contributed by atoms with Crippen molar-refractivity contribution < 1.29 is 19.3 Å². The predicted octanol–water partition coefficient (Wildman–Crippen LogP) is 1.62. The average molecular weight is 292 g/mol. The standard InChI is InChI=1S/C15H21N3O3/c1-15(2,3)16-9-13-17-14(18-21-13)10-6-7-11(19-4)12(8-10)20-5/h6-8,16H,9H2,1-5H3/p+1. The third-order valence-corrected chi connectivity index (χ3v) is 3.00. The maximum atomic E-state index is 5.28. The number of nitrogens with two attached hydrogens (primary N) is 1. The van der Waals surface area contributed by atoms with Crippen molar-refractivity contribution in [3.8, 4) is 22.9 Å². The maximum absolute atomic E-state index is 5.28. The second-order valence-corrected chi connectivity index (χ2v) is 5.86. The summed E-state index contributed by atoms with van der Waals surface area (Å²) < 4.78 is 15.8. The van der Waals surface area contributed by atoms with Gasteiger partial charge in [0.15, 0.2) is 18.0 Å². The molecule has 1 aromatic heterocycles. The lowest BCUT2D eigenvalue weighted by atomic mass is 10.1. The maximum Gasteiger partial charge on any atom is 0.282 e. The van der Waals surface area contributed by atoms with E-state index in [1.54, 1.807) is 14.2 Å². The Labute approximate surface area is 124 Å². The molecule has 0 saturated heterocycles. The Morgan fingerprint density at radius 3 is 2.48 bits per heavy atom. The summed E-state index contributed by atoms with van der Waals surface area (Å²) in [5.41, 5.74) is 0.955. The third-order valence-electron chi connectivity index (χ3n) is 3.00. The van der Waals surface area contributed by atoms with Crippen LogP contribution in [0.3, 0.4) is 0 Å². The molecule has 0 aliphatic carbocycles. The number of quaternary nitrogens is 1. The van der Waals surface area contributed by atoms with Crippen molar-refractivity contribution in [2.45, 2.75) is 32.9 Å². The number of benzene rings is 1. The molecule has 21 heavy (non-hydrogen) atoms. The molecule has 2 N–H and O–H groups in total. The molecule has 0 saturated carbocycles. The van der Waals surface area contributed by atoms with Gasteiger partial charge in [-0.2, -0.15) is 4.98 Å². The van der Waals surface area contributed by atoms with Crippen LogP contribution in [-0.4, -0.2) is 29.9 Å². The van der Waals surface area contributed by atoms with Crippen molar-refractivity contribution in [2.75, 3.05) is 14.2 Å². The number of nitrogens with zero attached hydrogens (tertiary/aromatic N) is 2. The molecule has 2 rings (SSSR count). The Morgan fingerprint density at radius 2 is 1.86 bits per heavy atom. The number of ether oxygens (including phenoxy) is 2. The molecule has 0 bridgehead atoms. The molecule has 1 heterocycles. The van der Waals surface area contributed by atoms with Gasteiger partial charge in [0.1, 0.15) is 0 Å². The highest BCUT2D eigenvalue weighted by molar-refractivity contribution is 5.60. The molecule has 0 aliphatic rings. The van der Waals surface area contributed by atoms with Gasteiger partial charge in [0, 0.05) is 5.56 Å². The summed E-state index contributed by atoms with van der Waals surface area (Å²) >= 11 is 0. The van der Waals surface area contributed by atoms with Gasteiger partial charge in [0.25, 0.3) is 5.89 Å². The second kappa shape index (κ2) is 6.13. The van der Waals surface area contributed by atoms with E-state index in [9.17, 15) is 0 Å². The monoisotopic (exact) mass is 292 g/mol. The van der Waals surface area contributed by atoms with Crippen molar-refractivity contribution in [2.24, 2.45) is 0 Å². The summed E-state index contributed by atoms with van der Waals surface area (Å²) in [5.74, 6) is 2.47. The van der Waals surface area contributed by atoms with Gasteiger partial charge in [0.05, 0.1) is 19.8 Å². The van der Waals surface area contributed by atoms with E-state index >= 15 is 0 Å². The SMILES string of the molecule is COc1ccc(-c2noc(C[NH2+]C(C)(C)C)n2)cc1OC. The summed E-state index contributed by atoms with van der Waals surface area (Å²) in [5, 5.41) is 6.17. The lowest BCUT2D eigenvalue weighted by Gasteiger charge is -2.14. The Kier molecular flexibility index (Phi) is 4.47. The second-order valence-electron chi connectivity index (χ2n) is 5.86. The van der Waals surface area contributed by atoms with Crippen molar-refractivity contribution >= 4 is 0 Å². The van der Waals surface area contributed by atoms with Crippen molar-refractivity contribution in [3.63, 3.8) is 0 Å². The summed E-state index contributed by atoms with van der Waals surface area (Å²) in [6.07, 6.45) is 0. The minimum absolute atomic E-state index is 0.123. The zero-order valence-corrected chi connectivity index (χ0v) is 13.1. The molecule has 0 spiro atoms. The minimum Gasteiger partial charge on any atom is -0.493 e. The van der Waals surface area contributed by atoms with Crippen LogP contribution in [0.4, 0.5) is 0 Å². The molecule has 0 amide bonds. The van der Waals surface area contributed by atoms with E-state index < -0.39 is 0 Å². The zero-order chi connectivity index (χ0) is 15.5. The van der Waals surface area contributed by atoms with Gasteiger partial charge in [0.2, 0.25) is 5.82 Å². The molecule has 0 aliphatic heterocycles. The third kappa shape index (κ3) is 3.95. The summed E-state index contributed by atoms with van der Waals surface area (Å²) in [6.45, 7) is 7.07. The first kappa shape index (κ1) is 15.3. The molecular formula is C15H22N3O3+. The molecule has 0 radical (unpaired) electrons. The number of hydrogen-bond acceptors (Lipinski definition) is 5. The van der Waals surface area contributed by atoms with Crippen LogP contribution in [0.1, 0.15) is 26.7 Å². The van der Waals surface area contributed by atoms with Gasteiger partial charge in [-0.1, -0.05) is 5.16 Å². The number of methoxy groups -OCH3 is 2. The zero-order valence-electron chi connectivity index (χ0n) is 13.1. The van der Waals surface area contributed by atoms with Gasteiger partial charge in [-0.25, -0.2) is 0 Å². The molecular weight excluding hydrogens is 270 g/mol. The van der Waals surface area contributed by atoms with E-state index in [0.717, 1.165) is 5.56 Å². The Morgan fingerprint density at radius 1 is 1.14 bits per heavy atom. The van der Waals surface area contributed by atoms with E-state index in [4.69, 9.17) is 14.0 Å². The first-order valence-electron chi connectivity index (χ1n) is 6.82. The molecule has 0 atom stereocenters. The largest absolute Gasteiger partial charge is 0.493 e. The van der Waals surface area contributed by atoms with Crippen LogP contribution >= 0.6 is 0 Å². The topological polar surface area (TPSA) is 74.0 Å². The van der Waals surface area contributed by atoms with Gasteiger partial charge in [-0.3, -0.25) is 0 Å². The van der Waals surface area contributed by atoms with Crippen molar-refractivity contribution in [1.29, 1.82) is 0 Å². The van der Waals surface area contributed by atoms with Gasteiger partial charge >= 0.3 is 0 Å². The number of aromatic nitrogens is 2. The molecule has 114 valence electrons. The first-order chi connectivity index (χ1) is 9.93. The van der Waals surface area contributed by atoms with Crippen LogP contribution in [0, 0.1) is 0 Å². The number of rotatable bonds is 5. The van der Waals surface area contributed by atoms with Crippen LogP contribution in [0.15, 0.2) is 22.7 Å². The normalized spacial score (nSPS) is 11.5. The summed E-state index contributed by atoms with van der Waals surface area (Å²) in [6, 6.07) is 5.54. The highest BCUT2D eigenvalue weighted by atomic mass is 16.5. The van der Waals surface area contributed by atoms with Crippen molar-refractivity contribution in [1.82, 2.24) is 10.1 Å². The van der Waals surface area contributed by atoms with Crippen LogP contribution < -0.4 is 14.8 Å². The number of hydrogen-bond donors (Lipinski definition) is 1. The highest BCUT2D eigenvalue weighted by Crippen LogP contribution is 2.31. The van der Waals surface area contributed by atoms with Gasteiger partial charge < -0.3 is 19.3 Å². The molecule has 6 heteroatoms. The first-order valence-corrected chi connectivity index (χ1v) is 6.82. The fourth-order valence-corrected chi connectivity index (χ4v) is 1.82. The van der Waals surface area contributed by atoms with Gasteiger partial charge in [-0.05, 0) is 39.0 Å². The van der Waals surface area contributed by atoms with Crippen LogP contribution in [0.2, 0.25) is 0 Å². The lowest BCUT2D eigenvalue weighted by molar-refractivity contribution is -0.733. The molecule has 1 aromatic carbocycles. The molecule has 0 unspecified atom stereocenters. The quantitative estimate of drug-likeness (QED) is 0.906. The molecule has 2 aromatic rings. The Hall–Kier alpha value is -2.08. The smallest absolute Gasteiger partial charge is 0.282 e. The summed E-state index contributed by atoms with van der Waals surface area (Å²) in [4.78, 5) is 4.41. The van der Waals surface area contributed by atoms with Crippen molar-refractivity contribution in [3.05, 3.63) is 24.1 Å². The lowest BCUT2D eigenvalue weighted by Crippen LogP contribution is -2.93. The fourth-order valence-electron chi connectivity index (χ4n) is 1.82. The Balaban J connectivity index is 2.17. The fraction of sp³-hybridized carbons (Fsp3) is 0.467. The van der Waals surface area contributed by atoms with Crippen LogP contribution in [0.5, 0.6) is 11.5 Å². The molecule has 6 nitrogen and oxygen atoms in total.